The van der Waals surface area contributed by atoms with Gasteiger partial charge in [-0.05, 0) is 24.3 Å². The minimum atomic E-state index is -5.17. The molecule has 0 aliphatic carbocycles. The van der Waals surface area contributed by atoms with Crippen LogP contribution in [0.3, 0.4) is 0 Å². The summed E-state index contributed by atoms with van der Waals surface area (Å²) in [5.74, 6) is 0.696. The van der Waals surface area contributed by atoms with Gasteiger partial charge < -0.3 is 9.11 Å². The maximum Gasteiger partial charge on any atom is 2.00 e. The first kappa shape index (κ1) is 22.4. The quantitative estimate of drug-likeness (QED) is 0.222. The zero-order valence-electron chi connectivity index (χ0n) is 13.7. The molecule has 140 valence electrons. The minimum Gasteiger partial charge on any atom is -0.759 e. The van der Waals surface area contributed by atoms with Crippen LogP contribution in [0.4, 0.5) is 5.82 Å². The van der Waals surface area contributed by atoms with Gasteiger partial charge in [-0.25, -0.2) is 4.98 Å². The second kappa shape index (κ2) is 11.2. The zero-order chi connectivity index (χ0) is 18.8. The maximum atomic E-state index is 8.52. The molecule has 1 aromatic carbocycles. The molecule has 0 unspecified atom stereocenters. The van der Waals surface area contributed by atoms with Crippen LogP contribution in [-0.2, 0) is 27.5 Å². The van der Waals surface area contributed by atoms with E-state index in [2.05, 4.69) is 20.5 Å². The predicted octanol–water partition coefficient (Wildman–Crippen LogP) is 2.00. The summed E-state index contributed by atoms with van der Waals surface area (Å²) in [6.45, 7) is 0. The first-order valence-electron chi connectivity index (χ1n) is 7.32. The number of pyridine rings is 2. The summed E-state index contributed by atoms with van der Waals surface area (Å²) in [6, 6.07) is 21.4. The number of aromatic nitrogens is 2. The molecule has 10 heteroatoms. The van der Waals surface area contributed by atoms with Crippen molar-refractivity contribution in [1.29, 1.82) is 0 Å². The minimum absolute atomic E-state index is 0. The van der Waals surface area contributed by atoms with E-state index in [1.807, 2.05) is 66.7 Å². The van der Waals surface area contributed by atoms with Crippen molar-refractivity contribution >= 4 is 21.9 Å². The molecule has 2 aromatic heterocycles. The monoisotopic (exact) mass is 426 g/mol. The number of nitrogens with zero attached hydrogens (tertiary/aromatic N) is 3. The van der Waals surface area contributed by atoms with E-state index in [-0.39, 0.29) is 17.1 Å². The molecule has 1 N–H and O–H groups in total. The predicted molar refractivity (Wildman–Crippen MR) is 94.7 cm³/mol. The Hall–Kier alpha value is -2.62. The summed E-state index contributed by atoms with van der Waals surface area (Å²) >= 11 is 0. The smallest absolute Gasteiger partial charge is 0.759 e. The Morgan fingerprint density at radius 3 is 1.93 bits per heavy atom. The Balaban J connectivity index is 0.000000542. The first-order valence-corrected chi connectivity index (χ1v) is 8.65. The third-order valence-corrected chi connectivity index (χ3v) is 2.90. The molecule has 3 rings (SSSR count). The number of hydrogen-bond acceptors (Lipinski definition) is 8. The van der Waals surface area contributed by atoms with Crippen LogP contribution < -0.4 is 5.43 Å². The van der Waals surface area contributed by atoms with Gasteiger partial charge in [0.05, 0.1) is 5.69 Å². The molecule has 8 nitrogen and oxygen atoms in total. The molecule has 3 aromatic rings. The van der Waals surface area contributed by atoms with Gasteiger partial charge >= 0.3 is 17.1 Å². The number of rotatable bonds is 4. The molecule has 0 saturated heterocycles. The summed E-state index contributed by atoms with van der Waals surface area (Å²) in [5, 5.41) is 4.48. The Kier molecular flexibility index (Phi) is 9.27. The van der Waals surface area contributed by atoms with Crippen LogP contribution in [0.1, 0.15) is 11.3 Å². The van der Waals surface area contributed by atoms with Gasteiger partial charge in [0.25, 0.3) is 0 Å². The normalized spacial score (nSPS) is 10.8. The van der Waals surface area contributed by atoms with Crippen molar-refractivity contribution < 1.29 is 34.6 Å². The summed E-state index contributed by atoms with van der Waals surface area (Å²) in [5.41, 5.74) is 5.57. The van der Waals surface area contributed by atoms with Gasteiger partial charge in [0.1, 0.15) is 11.5 Å². The Morgan fingerprint density at radius 1 is 0.852 bits per heavy atom. The van der Waals surface area contributed by atoms with E-state index in [9.17, 15) is 0 Å². The number of anilines is 1. The number of hydrazone groups is 1. The Morgan fingerprint density at radius 2 is 1.41 bits per heavy atom. The van der Waals surface area contributed by atoms with Gasteiger partial charge in [0.2, 0.25) is 0 Å². The fourth-order valence-corrected chi connectivity index (χ4v) is 1.91. The van der Waals surface area contributed by atoms with Crippen LogP contribution in [0.25, 0.3) is 0 Å². The number of benzene rings is 1. The molecule has 0 radical (unpaired) electrons. The van der Waals surface area contributed by atoms with E-state index >= 15 is 0 Å². The molecule has 0 fully saturated rings. The van der Waals surface area contributed by atoms with Crippen LogP contribution in [0.2, 0.25) is 0 Å². The summed E-state index contributed by atoms with van der Waals surface area (Å²) in [6.07, 6.45) is 3.48. The molecule has 2 heterocycles. The van der Waals surface area contributed by atoms with Crippen LogP contribution in [0, 0.1) is 0 Å². The van der Waals surface area contributed by atoms with Gasteiger partial charge in [-0.2, -0.15) is 5.10 Å². The molecule has 0 spiro atoms. The summed E-state index contributed by atoms with van der Waals surface area (Å²) in [7, 11) is -5.17. The summed E-state index contributed by atoms with van der Waals surface area (Å²) in [4.78, 5) is 8.58. The molecule has 0 aliphatic rings. The van der Waals surface area contributed by atoms with Crippen molar-refractivity contribution in [3.63, 3.8) is 0 Å². The Bertz CT molecular complexity index is 891. The molecule has 0 amide bonds. The molecular weight excluding hydrogens is 412 g/mol. The van der Waals surface area contributed by atoms with Gasteiger partial charge in [-0.1, -0.05) is 42.5 Å². The molecular formula is C17H14FeN4O4S. The van der Waals surface area contributed by atoms with Gasteiger partial charge in [0.15, 0.2) is 0 Å². The van der Waals surface area contributed by atoms with Crippen molar-refractivity contribution in [3.05, 3.63) is 90.4 Å². The van der Waals surface area contributed by atoms with Gasteiger partial charge in [-0.3, -0.25) is 18.8 Å². The van der Waals surface area contributed by atoms with E-state index < -0.39 is 10.4 Å². The second-order valence-corrected chi connectivity index (χ2v) is 5.59. The standard InChI is InChI=1S/C17H14N4.Fe.H2O4S/c1-2-8-14(9-3-1)17(15-10-4-6-12-18-15)21-20-16-11-5-7-13-19-16;;1-5(2,3)4/h1-13H,(H,19,20);;(H2,1,2,3,4)/q;+2;/p-2/b21-17+;;. The molecule has 0 bridgehead atoms. The molecule has 27 heavy (non-hydrogen) atoms. The van der Waals surface area contributed by atoms with Crippen LogP contribution in [0.15, 0.2) is 84.2 Å². The Labute approximate surface area is 167 Å². The fourth-order valence-electron chi connectivity index (χ4n) is 1.91. The van der Waals surface area contributed by atoms with Crippen LogP contribution in [-0.4, -0.2) is 33.2 Å². The van der Waals surface area contributed by atoms with Gasteiger partial charge in [0, 0.05) is 28.4 Å². The largest absolute Gasteiger partial charge is 2.00 e. The van der Waals surface area contributed by atoms with E-state index in [0.29, 0.717) is 5.82 Å². The van der Waals surface area contributed by atoms with Crippen LogP contribution >= 0.6 is 0 Å². The molecule has 0 atom stereocenters. The van der Waals surface area contributed by atoms with Crippen molar-refractivity contribution in [2.24, 2.45) is 5.10 Å². The van der Waals surface area contributed by atoms with E-state index in [1.54, 1.807) is 12.4 Å². The SMILES string of the molecule is O=S(=O)([O-])[O-].[Fe+2].c1ccc(/C(=N\Nc2ccccn2)c2ccccn2)cc1. The van der Waals surface area contributed by atoms with E-state index in [1.165, 1.54) is 0 Å². The topological polar surface area (TPSA) is 130 Å². The average molecular weight is 426 g/mol. The van der Waals surface area contributed by atoms with Crippen molar-refractivity contribution in [2.75, 3.05) is 5.43 Å². The van der Waals surface area contributed by atoms with Crippen LogP contribution in [0.5, 0.6) is 0 Å². The van der Waals surface area contributed by atoms with Gasteiger partial charge in [-0.15, -0.1) is 0 Å². The average Bonchev–Trinajstić information content (AvgIpc) is 2.63. The molecule has 0 saturated carbocycles. The van der Waals surface area contributed by atoms with Crippen molar-refractivity contribution in [3.8, 4) is 0 Å². The second-order valence-electron chi connectivity index (χ2n) is 4.78. The zero-order valence-corrected chi connectivity index (χ0v) is 15.7. The molecule has 0 aliphatic heterocycles. The fraction of sp³-hybridized carbons (Fsp3) is 0. The third kappa shape index (κ3) is 9.04. The van der Waals surface area contributed by atoms with Crippen molar-refractivity contribution in [1.82, 2.24) is 9.97 Å². The van der Waals surface area contributed by atoms with E-state index in [4.69, 9.17) is 17.5 Å². The third-order valence-electron chi connectivity index (χ3n) is 2.90. The number of hydrogen-bond donors (Lipinski definition) is 1. The first-order chi connectivity index (χ1) is 12.4. The summed E-state index contributed by atoms with van der Waals surface area (Å²) < 4.78 is 34.1. The maximum absolute atomic E-state index is 8.52. The van der Waals surface area contributed by atoms with E-state index in [0.717, 1.165) is 17.0 Å². The van der Waals surface area contributed by atoms with Crippen molar-refractivity contribution in [2.45, 2.75) is 0 Å². The number of nitrogens with one attached hydrogen (secondary N) is 1.